The summed E-state index contributed by atoms with van der Waals surface area (Å²) in [7, 11) is 1.36. The molecule has 160 valence electrons. The third-order valence-electron chi connectivity index (χ3n) is 4.10. The second-order valence-corrected chi connectivity index (χ2v) is 7.16. The minimum Gasteiger partial charge on any atom is -0.504 e. The quantitative estimate of drug-likeness (QED) is 0.391. The van der Waals surface area contributed by atoms with Crippen LogP contribution < -0.4 is 10.1 Å². The minimum absolute atomic E-state index is 0.0583. The summed E-state index contributed by atoms with van der Waals surface area (Å²) in [5.41, 5.74) is -0.392. The maximum absolute atomic E-state index is 13.4. The van der Waals surface area contributed by atoms with Crippen LogP contribution in [0, 0.1) is 15.9 Å². The molecule has 0 aliphatic carbocycles. The average molecular weight is 447 g/mol. The molecule has 1 aliphatic rings. The van der Waals surface area contributed by atoms with Gasteiger partial charge in [-0.1, -0.05) is 6.07 Å². The molecule has 0 radical (unpaired) electrons. The summed E-state index contributed by atoms with van der Waals surface area (Å²) in [5.74, 6) is -2.48. The van der Waals surface area contributed by atoms with Crippen LogP contribution in [0.2, 0.25) is 0 Å². The first-order valence-corrected chi connectivity index (χ1v) is 9.37. The molecule has 2 aromatic rings. The van der Waals surface area contributed by atoms with Crippen LogP contribution in [0.1, 0.15) is 5.56 Å². The third kappa shape index (κ3) is 4.80. The molecular weight excluding hydrogens is 433 g/mol. The van der Waals surface area contributed by atoms with Gasteiger partial charge in [0.1, 0.15) is 6.54 Å². The SMILES string of the molecule is COc1cc(/C=C2\SC(=O)N(CC(=O)Nc3ccc(F)c([N+](=O)[O-])c3)C2=O)ccc1O. The van der Waals surface area contributed by atoms with Crippen LogP contribution in [0.5, 0.6) is 11.5 Å². The Morgan fingerprint density at radius 2 is 2.06 bits per heavy atom. The molecule has 0 saturated carbocycles. The molecule has 3 rings (SSSR count). The molecule has 3 amide bonds. The van der Waals surface area contributed by atoms with Crippen molar-refractivity contribution < 1.29 is 33.5 Å². The average Bonchev–Trinajstić information content (AvgIpc) is 2.98. The number of nitro groups is 1. The molecule has 12 heteroatoms. The number of carbonyl (C=O) groups is 3. The van der Waals surface area contributed by atoms with Gasteiger partial charge < -0.3 is 15.2 Å². The van der Waals surface area contributed by atoms with Gasteiger partial charge in [0.05, 0.1) is 16.9 Å². The molecule has 10 nitrogen and oxygen atoms in total. The number of phenols is 1. The smallest absolute Gasteiger partial charge is 0.306 e. The van der Waals surface area contributed by atoms with Crippen molar-refractivity contribution in [3.63, 3.8) is 0 Å². The van der Waals surface area contributed by atoms with Crippen LogP contribution in [-0.4, -0.2) is 45.6 Å². The Labute approximate surface area is 178 Å². The van der Waals surface area contributed by atoms with Gasteiger partial charge in [-0.3, -0.25) is 29.4 Å². The predicted octanol–water partition coefficient (Wildman–Crippen LogP) is 3.12. The van der Waals surface area contributed by atoms with Gasteiger partial charge in [-0.05, 0) is 47.7 Å². The van der Waals surface area contributed by atoms with E-state index in [-0.39, 0.29) is 22.1 Å². The van der Waals surface area contributed by atoms with E-state index in [0.717, 1.165) is 18.2 Å². The highest BCUT2D eigenvalue weighted by Crippen LogP contribution is 2.34. The minimum atomic E-state index is -1.06. The zero-order chi connectivity index (χ0) is 22.7. The van der Waals surface area contributed by atoms with Crippen LogP contribution in [0.15, 0.2) is 41.3 Å². The summed E-state index contributed by atoms with van der Waals surface area (Å²) in [4.78, 5) is 47.6. The first-order valence-electron chi connectivity index (χ1n) is 8.55. The number of nitrogens with zero attached hydrogens (tertiary/aromatic N) is 2. The summed E-state index contributed by atoms with van der Waals surface area (Å²) < 4.78 is 18.4. The monoisotopic (exact) mass is 447 g/mol. The van der Waals surface area contributed by atoms with Crippen molar-refractivity contribution in [3.8, 4) is 11.5 Å². The van der Waals surface area contributed by atoms with Crippen molar-refractivity contribution >= 4 is 46.3 Å². The lowest BCUT2D eigenvalue weighted by atomic mass is 10.2. The van der Waals surface area contributed by atoms with Crippen LogP contribution in [0.3, 0.4) is 0 Å². The number of amides is 3. The van der Waals surface area contributed by atoms with Crippen molar-refractivity contribution in [2.24, 2.45) is 0 Å². The Morgan fingerprint density at radius 1 is 1.32 bits per heavy atom. The van der Waals surface area contributed by atoms with Crippen molar-refractivity contribution in [1.82, 2.24) is 4.90 Å². The predicted molar refractivity (Wildman–Crippen MR) is 109 cm³/mol. The number of rotatable bonds is 6. The van der Waals surface area contributed by atoms with E-state index in [0.29, 0.717) is 22.2 Å². The summed E-state index contributed by atoms with van der Waals surface area (Å²) >= 11 is 0.627. The Kier molecular flexibility index (Phi) is 6.20. The Hall–Kier alpha value is -3.93. The third-order valence-corrected chi connectivity index (χ3v) is 5.01. The highest BCUT2D eigenvalue weighted by atomic mass is 32.2. The molecule has 1 heterocycles. The molecule has 1 saturated heterocycles. The molecule has 31 heavy (non-hydrogen) atoms. The molecule has 2 aromatic carbocycles. The maximum Gasteiger partial charge on any atom is 0.306 e. The molecule has 0 unspecified atom stereocenters. The number of thioether (sulfide) groups is 1. The fourth-order valence-electron chi connectivity index (χ4n) is 2.65. The maximum atomic E-state index is 13.4. The van der Waals surface area contributed by atoms with Gasteiger partial charge >= 0.3 is 5.69 Å². The molecule has 1 aliphatic heterocycles. The number of aromatic hydroxyl groups is 1. The van der Waals surface area contributed by atoms with E-state index in [1.54, 1.807) is 0 Å². The van der Waals surface area contributed by atoms with Crippen LogP contribution >= 0.6 is 11.8 Å². The lowest BCUT2D eigenvalue weighted by Gasteiger charge is -2.12. The highest BCUT2D eigenvalue weighted by Gasteiger charge is 2.36. The van der Waals surface area contributed by atoms with Crippen LogP contribution in [0.4, 0.5) is 20.6 Å². The summed E-state index contributed by atoms with van der Waals surface area (Å²) in [6.07, 6.45) is 1.41. The molecular formula is C19H14FN3O7S. The molecule has 0 bridgehead atoms. The van der Waals surface area contributed by atoms with E-state index in [1.165, 1.54) is 31.4 Å². The van der Waals surface area contributed by atoms with Crippen molar-refractivity contribution in [3.05, 3.63) is 62.8 Å². The highest BCUT2D eigenvalue weighted by molar-refractivity contribution is 8.18. The van der Waals surface area contributed by atoms with E-state index >= 15 is 0 Å². The lowest BCUT2D eigenvalue weighted by molar-refractivity contribution is -0.387. The van der Waals surface area contributed by atoms with Gasteiger partial charge in [-0.15, -0.1) is 0 Å². The van der Waals surface area contributed by atoms with Crippen molar-refractivity contribution in [2.75, 3.05) is 19.0 Å². The van der Waals surface area contributed by atoms with E-state index in [2.05, 4.69) is 5.32 Å². The van der Waals surface area contributed by atoms with Gasteiger partial charge in [0.25, 0.3) is 11.1 Å². The van der Waals surface area contributed by atoms with Crippen molar-refractivity contribution in [2.45, 2.75) is 0 Å². The number of nitro benzene ring substituents is 1. The summed E-state index contributed by atoms with van der Waals surface area (Å²) in [6, 6.07) is 7.12. The van der Waals surface area contributed by atoms with Gasteiger partial charge in [-0.2, -0.15) is 4.39 Å². The zero-order valence-corrected chi connectivity index (χ0v) is 16.6. The van der Waals surface area contributed by atoms with E-state index in [1.807, 2.05) is 0 Å². The van der Waals surface area contributed by atoms with E-state index in [4.69, 9.17) is 4.74 Å². The van der Waals surface area contributed by atoms with E-state index < -0.39 is 40.0 Å². The number of hydrogen-bond acceptors (Lipinski definition) is 8. The van der Waals surface area contributed by atoms with Crippen molar-refractivity contribution in [1.29, 1.82) is 0 Å². The first-order chi connectivity index (χ1) is 14.7. The van der Waals surface area contributed by atoms with Gasteiger partial charge in [0.2, 0.25) is 11.7 Å². The normalized spacial score (nSPS) is 14.8. The number of ether oxygens (including phenoxy) is 1. The number of anilines is 1. The number of imide groups is 1. The molecule has 0 aromatic heterocycles. The molecule has 0 atom stereocenters. The van der Waals surface area contributed by atoms with E-state index in [9.17, 15) is 34.0 Å². The molecule has 0 spiro atoms. The molecule has 1 fully saturated rings. The van der Waals surface area contributed by atoms with Gasteiger partial charge in [-0.25, -0.2) is 0 Å². The number of benzene rings is 2. The van der Waals surface area contributed by atoms with Crippen LogP contribution in [-0.2, 0) is 9.59 Å². The number of hydrogen-bond donors (Lipinski definition) is 2. The summed E-state index contributed by atoms with van der Waals surface area (Å²) in [5, 5.41) is 22.0. The Morgan fingerprint density at radius 3 is 2.74 bits per heavy atom. The number of methoxy groups -OCH3 is 1. The largest absolute Gasteiger partial charge is 0.504 e. The standard InChI is InChI=1S/C19H14FN3O7S/c1-30-15-6-10(2-5-14(15)24)7-16-18(26)22(19(27)31-16)9-17(25)21-11-3-4-12(20)13(8-11)23(28)29/h2-8,24H,9H2,1H3,(H,21,25)/b16-7-. The molecule has 2 N–H and O–H groups in total. The van der Waals surface area contributed by atoms with Crippen LogP contribution in [0.25, 0.3) is 6.08 Å². The fourth-order valence-corrected chi connectivity index (χ4v) is 3.48. The van der Waals surface area contributed by atoms with Gasteiger partial charge in [0, 0.05) is 11.8 Å². The summed E-state index contributed by atoms with van der Waals surface area (Å²) in [6.45, 7) is -0.633. The second-order valence-electron chi connectivity index (χ2n) is 6.17. The Balaban J connectivity index is 1.72. The lowest BCUT2D eigenvalue weighted by Crippen LogP contribution is -2.36. The number of phenolic OH excluding ortho intramolecular Hbond substituents is 1. The first kappa shape index (κ1) is 21.8. The zero-order valence-electron chi connectivity index (χ0n) is 15.8. The second kappa shape index (κ2) is 8.83. The topological polar surface area (TPSA) is 139 Å². The number of carbonyl (C=O) groups excluding carboxylic acids is 3. The fraction of sp³-hybridized carbons (Fsp3) is 0.105. The van der Waals surface area contributed by atoms with Gasteiger partial charge in [0.15, 0.2) is 11.5 Å². The number of nitrogens with one attached hydrogen (secondary N) is 1. The Bertz CT molecular complexity index is 1140. The number of halogens is 1.